The Morgan fingerprint density at radius 2 is 2.38 bits per heavy atom. The summed E-state index contributed by atoms with van der Waals surface area (Å²) >= 11 is 0. The number of ether oxygens (including phenoxy) is 1. The highest BCUT2D eigenvalue weighted by Crippen LogP contribution is 2.04. The summed E-state index contributed by atoms with van der Waals surface area (Å²) in [6.07, 6.45) is 2.74. The molecule has 13 heavy (non-hydrogen) atoms. The molecular formula is C9H12N2O2. The van der Waals surface area contributed by atoms with Crippen LogP contribution in [-0.2, 0) is 11.2 Å². The van der Waals surface area contributed by atoms with Crippen molar-refractivity contribution in [2.75, 3.05) is 0 Å². The van der Waals surface area contributed by atoms with Gasteiger partial charge in [0, 0.05) is 12.6 Å². The number of hydrogen-bond acceptors (Lipinski definition) is 4. The topological polar surface area (TPSA) is 52.1 Å². The van der Waals surface area contributed by atoms with E-state index in [0.29, 0.717) is 18.1 Å². The van der Waals surface area contributed by atoms with Gasteiger partial charge in [-0.05, 0) is 19.9 Å². The molecule has 0 saturated carbocycles. The van der Waals surface area contributed by atoms with Crippen LogP contribution in [0, 0.1) is 0 Å². The number of aldehydes is 1. The highest BCUT2D eigenvalue weighted by molar-refractivity contribution is 5.53. The predicted molar refractivity (Wildman–Crippen MR) is 47.6 cm³/mol. The minimum Gasteiger partial charge on any atom is -0.461 e. The largest absolute Gasteiger partial charge is 0.461 e. The van der Waals surface area contributed by atoms with Gasteiger partial charge in [-0.25, -0.2) is 4.98 Å². The molecule has 0 spiro atoms. The minimum atomic E-state index is 0.0477. The summed E-state index contributed by atoms with van der Waals surface area (Å²) < 4.78 is 5.26. The van der Waals surface area contributed by atoms with Crippen molar-refractivity contribution in [3.8, 4) is 6.01 Å². The first-order valence-electron chi connectivity index (χ1n) is 4.14. The maximum absolute atomic E-state index is 10.2. The number of rotatable bonds is 4. The van der Waals surface area contributed by atoms with E-state index in [2.05, 4.69) is 9.97 Å². The average molecular weight is 180 g/mol. The van der Waals surface area contributed by atoms with Gasteiger partial charge in [0.05, 0.1) is 11.8 Å². The number of nitrogens with zero attached hydrogens (tertiary/aromatic N) is 2. The second kappa shape index (κ2) is 4.54. The average Bonchev–Trinajstić information content (AvgIpc) is 2.04. The summed E-state index contributed by atoms with van der Waals surface area (Å²) in [5, 5.41) is 0. The smallest absolute Gasteiger partial charge is 0.316 e. The Hall–Kier alpha value is -1.45. The van der Waals surface area contributed by atoms with Crippen molar-refractivity contribution in [3.05, 3.63) is 18.0 Å². The second-order valence-corrected chi connectivity index (χ2v) is 2.87. The van der Waals surface area contributed by atoms with Gasteiger partial charge in [0.2, 0.25) is 0 Å². The van der Waals surface area contributed by atoms with Gasteiger partial charge in [0.25, 0.3) is 0 Å². The van der Waals surface area contributed by atoms with E-state index in [0.717, 1.165) is 6.29 Å². The van der Waals surface area contributed by atoms with Crippen molar-refractivity contribution in [2.24, 2.45) is 0 Å². The third kappa shape index (κ3) is 3.19. The number of hydrogen-bond donors (Lipinski definition) is 0. The highest BCUT2D eigenvalue weighted by atomic mass is 16.5. The lowest BCUT2D eigenvalue weighted by Crippen LogP contribution is -2.09. The van der Waals surface area contributed by atoms with Crippen LogP contribution in [0.1, 0.15) is 19.5 Å². The van der Waals surface area contributed by atoms with Gasteiger partial charge >= 0.3 is 6.01 Å². The van der Waals surface area contributed by atoms with Crippen molar-refractivity contribution in [3.63, 3.8) is 0 Å². The summed E-state index contributed by atoms with van der Waals surface area (Å²) in [6, 6.07) is 2.02. The number of carbonyl (C=O) groups is 1. The normalized spacial score (nSPS) is 10.1. The first-order chi connectivity index (χ1) is 6.22. The molecule has 0 fully saturated rings. The zero-order chi connectivity index (χ0) is 9.68. The summed E-state index contributed by atoms with van der Waals surface area (Å²) in [7, 11) is 0. The fraction of sp³-hybridized carbons (Fsp3) is 0.444. The van der Waals surface area contributed by atoms with E-state index >= 15 is 0 Å². The molecule has 0 aromatic carbocycles. The Balaban J connectivity index is 2.72. The maximum Gasteiger partial charge on any atom is 0.316 e. The number of carbonyl (C=O) groups excluding carboxylic acids is 1. The third-order valence-corrected chi connectivity index (χ3v) is 1.32. The molecule has 0 aliphatic heterocycles. The molecular weight excluding hydrogens is 168 g/mol. The molecule has 1 heterocycles. The van der Waals surface area contributed by atoms with Gasteiger partial charge in [-0.15, -0.1) is 0 Å². The van der Waals surface area contributed by atoms with E-state index in [9.17, 15) is 4.79 Å². The summed E-state index contributed by atoms with van der Waals surface area (Å²) in [5.74, 6) is 0. The van der Waals surface area contributed by atoms with E-state index < -0.39 is 0 Å². The molecule has 70 valence electrons. The molecule has 0 saturated heterocycles. The van der Waals surface area contributed by atoms with Crippen molar-refractivity contribution in [2.45, 2.75) is 26.4 Å². The van der Waals surface area contributed by atoms with Crippen molar-refractivity contribution in [1.29, 1.82) is 0 Å². The van der Waals surface area contributed by atoms with Crippen LogP contribution in [0.3, 0.4) is 0 Å². The Labute approximate surface area is 77.0 Å². The Bertz CT molecular complexity index is 287. The quantitative estimate of drug-likeness (QED) is 0.649. The first-order valence-corrected chi connectivity index (χ1v) is 4.14. The van der Waals surface area contributed by atoms with E-state index in [1.807, 2.05) is 13.8 Å². The lowest BCUT2D eigenvalue weighted by atomic mass is 10.3. The highest BCUT2D eigenvalue weighted by Gasteiger charge is 2.01. The Morgan fingerprint density at radius 3 is 3.00 bits per heavy atom. The molecule has 0 aliphatic carbocycles. The van der Waals surface area contributed by atoms with E-state index in [4.69, 9.17) is 4.74 Å². The molecule has 1 aromatic rings. The third-order valence-electron chi connectivity index (χ3n) is 1.32. The summed E-state index contributed by atoms with van der Waals surface area (Å²) in [4.78, 5) is 18.2. The molecule has 1 aromatic heterocycles. The number of aromatic nitrogens is 2. The van der Waals surface area contributed by atoms with Crippen LogP contribution in [0.15, 0.2) is 12.3 Å². The van der Waals surface area contributed by atoms with Gasteiger partial charge in [-0.3, -0.25) is 0 Å². The summed E-state index contributed by atoms with van der Waals surface area (Å²) in [5.41, 5.74) is 0.681. The fourth-order valence-electron chi connectivity index (χ4n) is 0.843. The molecule has 0 atom stereocenters. The molecule has 0 radical (unpaired) electrons. The Kier molecular flexibility index (Phi) is 3.37. The van der Waals surface area contributed by atoms with Gasteiger partial charge in [-0.1, -0.05) is 0 Å². The molecule has 0 unspecified atom stereocenters. The molecule has 0 N–H and O–H groups in total. The predicted octanol–water partition coefficient (Wildman–Crippen LogP) is 1.01. The van der Waals surface area contributed by atoms with E-state index in [-0.39, 0.29) is 6.10 Å². The van der Waals surface area contributed by atoms with Crippen LogP contribution in [0.25, 0.3) is 0 Å². The standard InChI is InChI=1S/C9H12N2O2/c1-7(2)13-9-10-5-3-8(11-9)4-6-12/h3,5-7H,4H2,1-2H3. The minimum absolute atomic E-state index is 0.0477. The first kappa shape index (κ1) is 9.64. The van der Waals surface area contributed by atoms with Crippen LogP contribution < -0.4 is 4.74 Å². The molecule has 0 amide bonds. The van der Waals surface area contributed by atoms with Crippen LogP contribution in [0.2, 0.25) is 0 Å². The van der Waals surface area contributed by atoms with E-state index in [1.54, 1.807) is 12.3 Å². The van der Waals surface area contributed by atoms with Gasteiger partial charge in [-0.2, -0.15) is 4.98 Å². The van der Waals surface area contributed by atoms with Crippen molar-refractivity contribution in [1.82, 2.24) is 9.97 Å². The maximum atomic E-state index is 10.2. The van der Waals surface area contributed by atoms with Gasteiger partial charge in [0.1, 0.15) is 6.29 Å². The van der Waals surface area contributed by atoms with Gasteiger partial charge < -0.3 is 9.53 Å². The molecule has 4 nitrogen and oxygen atoms in total. The molecule has 1 rings (SSSR count). The fourth-order valence-corrected chi connectivity index (χ4v) is 0.843. The Morgan fingerprint density at radius 1 is 1.62 bits per heavy atom. The van der Waals surface area contributed by atoms with Crippen LogP contribution >= 0.6 is 0 Å². The zero-order valence-corrected chi connectivity index (χ0v) is 7.73. The summed E-state index contributed by atoms with van der Waals surface area (Å²) in [6.45, 7) is 3.80. The van der Waals surface area contributed by atoms with Crippen molar-refractivity contribution < 1.29 is 9.53 Å². The van der Waals surface area contributed by atoms with Gasteiger partial charge in [0.15, 0.2) is 0 Å². The molecule has 0 aliphatic rings. The second-order valence-electron chi connectivity index (χ2n) is 2.87. The van der Waals surface area contributed by atoms with Crippen LogP contribution in [-0.4, -0.2) is 22.4 Å². The molecule has 4 heteroatoms. The van der Waals surface area contributed by atoms with Crippen LogP contribution in [0.5, 0.6) is 6.01 Å². The van der Waals surface area contributed by atoms with Crippen molar-refractivity contribution >= 4 is 6.29 Å². The lowest BCUT2D eigenvalue weighted by molar-refractivity contribution is -0.107. The zero-order valence-electron chi connectivity index (χ0n) is 7.73. The van der Waals surface area contributed by atoms with E-state index in [1.165, 1.54) is 0 Å². The monoisotopic (exact) mass is 180 g/mol. The lowest BCUT2D eigenvalue weighted by Gasteiger charge is -2.07. The molecule has 0 bridgehead atoms. The SMILES string of the molecule is CC(C)Oc1nccc(CC=O)n1. The van der Waals surface area contributed by atoms with Crippen LogP contribution in [0.4, 0.5) is 0 Å².